The van der Waals surface area contributed by atoms with Gasteiger partial charge in [-0.2, -0.15) is 0 Å². The highest BCUT2D eigenvalue weighted by molar-refractivity contribution is 6.30. The normalized spacial score (nSPS) is 29.6. The second kappa shape index (κ2) is 5.59. The predicted molar refractivity (Wildman–Crippen MR) is 59.5 cm³/mol. The lowest BCUT2D eigenvalue weighted by Crippen LogP contribution is -2.44. The quantitative estimate of drug-likeness (QED) is 0.724. The fraction of sp³-hybridized carbons (Fsp3) is 0.909. The van der Waals surface area contributed by atoms with E-state index in [0.717, 1.165) is 12.8 Å². The Balaban J connectivity index is 2.44. The minimum absolute atomic E-state index is 0.0167. The Labute approximate surface area is 91.4 Å². The van der Waals surface area contributed by atoms with Crippen molar-refractivity contribution in [3.8, 4) is 0 Å². The summed E-state index contributed by atoms with van der Waals surface area (Å²) in [6.45, 7) is 3.92. The van der Waals surface area contributed by atoms with Crippen LogP contribution in [0, 0.1) is 5.92 Å². The van der Waals surface area contributed by atoms with Crippen LogP contribution in [-0.2, 0) is 4.79 Å². The maximum Gasteiger partial charge on any atom is 0.237 e. The molecule has 0 aromatic carbocycles. The lowest BCUT2D eigenvalue weighted by Gasteiger charge is -2.31. The molecule has 0 aromatic heterocycles. The molecule has 0 aliphatic heterocycles. The van der Waals surface area contributed by atoms with E-state index >= 15 is 0 Å². The third kappa shape index (κ3) is 3.16. The van der Waals surface area contributed by atoms with Crippen LogP contribution in [0.25, 0.3) is 0 Å². The number of rotatable bonds is 3. The Kier molecular flexibility index (Phi) is 4.73. The van der Waals surface area contributed by atoms with Crippen molar-refractivity contribution in [3.05, 3.63) is 0 Å². The highest BCUT2D eigenvalue weighted by Crippen LogP contribution is 2.26. The Morgan fingerprint density at radius 3 is 2.71 bits per heavy atom. The van der Waals surface area contributed by atoms with E-state index in [1.165, 1.54) is 19.3 Å². The molecule has 1 aliphatic carbocycles. The van der Waals surface area contributed by atoms with Gasteiger partial charge >= 0.3 is 0 Å². The van der Waals surface area contributed by atoms with Crippen LogP contribution in [0.2, 0.25) is 0 Å². The zero-order chi connectivity index (χ0) is 10.6. The van der Waals surface area contributed by atoms with Gasteiger partial charge in [-0.15, -0.1) is 11.6 Å². The summed E-state index contributed by atoms with van der Waals surface area (Å²) in [4.78, 5) is 11.4. The van der Waals surface area contributed by atoms with Gasteiger partial charge in [0.1, 0.15) is 5.38 Å². The van der Waals surface area contributed by atoms with E-state index in [1.54, 1.807) is 6.92 Å². The van der Waals surface area contributed by atoms with Crippen molar-refractivity contribution in [2.75, 3.05) is 0 Å². The maximum absolute atomic E-state index is 11.4. The summed E-state index contributed by atoms with van der Waals surface area (Å²) >= 11 is 5.73. The molecule has 14 heavy (non-hydrogen) atoms. The van der Waals surface area contributed by atoms with Crippen molar-refractivity contribution >= 4 is 17.5 Å². The molecule has 82 valence electrons. The molecule has 1 fully saturated rings. The first-order valence-corrected chi connectivity index (χ1v) is 6.03. The van der Waals surface area contributed by atoms with Crippen molar-refractivity contribution in [2.45, 2.75) is 57.4 Å². The lowest BCUT2D eigenvalue weighted by atomic mass is 9.83. The number of alkyl halides is 1. The third-order valence-electron chi connectivity index (χ3n) is 3.12. The lowest BCUT2D eigenvalue weighted by molar-refractivity contribution is -0.121. The minimum atomic E-state index is -0.408. The van der Waals surface area contributed by atoms with Crippen molar-refractivity contribution in [1.82, 2.24) is 5.32 Å². The summed E-state index contributed by atoms with van der Waals surface area (Å²) in [6.07, 6.45) is 6.06. The van der Waals surface area contributed by atoms with Crippen molar-refractivity contribution in [3.63, 3.8) is 0 Å². The average Bonchev–Trinajstić information content (AvgIpc) is 2.18. The molecule has 1 rings (SSSR count). The molecule has 0 radical (unpaired) electrons. The number of halogens is 1. The first-order valence-electron chi connectivity index (χ1n) is 5.59. The van der Waals surface area contributed by atoms with Gasteiger partial charge in [-0.05, 0) is 25.7 Å². The highest BCUT2D eigenvalue weighted by atomic mass is 35.5. The summed E-state index contributed by atoms with van der Waals surface area (Å²) in [5, 5.41) is 2.64. The van der Waals surface area contributed by atoms with E-state index in [0.29, 0.717) is 12.0 Å². The Hall–Kier alpha value is -0.240. The van der Waals surface area contributed by atoms with Gasteiger partial charge in [-0.3, -0.25) is 4.79 Å². The fourth-order valence-electron chi connectivity index (χ4n) is 2.18. The SMILES string of the molecule is CCC1CCCCC1NC(=O)C(C)Cl. The van der Waals surface area contributed by atoms with Crippen molar-refractivity contribution in [2.24, 2.45) is 5.92 Å². The number of carbonyl (C=O) groups excluding carboxylic acids is 1. The first kappa shape index (κ1) is 11.8. The molecule has 0 bridgehead atoms. The van der Waals surface area contributed by atoms with E-state index in [2.05, 4.69) is 12.2 Å². The second-order valence-electron chi connectivity index (χ2n) is 4.18. The molecular weight excluding hydrogens is 198 g/mol. The molecule has 2 nitrogen and oxygen atoms in total. The molecule has 3 atom stereocenters. The average molecular weight is 218 g/mol. The smallest absolute Gasteiger partial charge is 0.237 e. The van der Waals surface area contributed by atoms with Gasteiger partial charge in [0.15, 0.2) is 0 Å². The molecule has 1 saturated carbocycles. The maximum atomic E-state index is 11.4. The van der Waals surface area contributed by atoms with Gasteiger partial charge in [-0.1, -0.05) is 26.2 Å². The van der Waals surface area contributed by atoms with E-state index in [1.807, 2.05) is 0 Å². The van der Waals surface area contributed by atoms with Gasteiger partial charge < -0.3 is 5.32 Å². The van der Waals surface area contributed by atoms with Gasteiger partial charge in [0.05, 0.1) is 0 Å². The summed E-state index contributed by atoms with van der Waals surface area (Å²) in [6, 6.07) is 0.363. The summed E-state index contributed by atoms with van der Waals surface area (Å²) in [7, 11) is 0. The number of hydrogen-bond acceptors (Lipinski definition) is 1. The first-order chi connectivity index (χ1) is 6.65. The van der Waals surface area contributed by atoms with Crippen molar-refractivity contribution < 1.29 is 4.79 Å². The summed E-state index contributed by atoms with van der Waals surface area (Å²) in [5.74, 6) is 0.639. The van der Waals surface area contributed by atoms with E-state index in [-0.39, 0.29) is 5.91 Å². The van der Waals surface area contributed by atoms with Crippen LogP contribution in [0.3, 0.4) is 0 Å². The number of nitrogens with one attached hydrogen (secondary N) is 1. The Morgan fingerprint density at radius 1 is 1.50 bits per heavy atom. The van der Waals surface area contributed by atoms with Crippen LogP contribution < -0.4 is 5.32 Å². The van der Waals surface area contributed by atoms with Crippen LogP contribution in [0.4, 0.5) is 0 Å². The summed E-state index contributed by atoms with van der Waals surface area (Å²) in [5.41, 5.74) is 0. The van der Waals surface area contributed by atoms with Crippen LogP contribution in [0.15, 0.2) is 0 Å². The number of carbonyl (C=O) groups is 1. The Morgan fingerprint density at radius 2 is 2.14 bits per heavy atom. The zero-order valence-corrected chi connectivity index (χ0v) is 9.81. The minimum Gasteiger partial charge on any atom is -0.352 e. The molecule has 0 aromatic rings. The van der Waals surface area contributed by atoms with Gasteiger partial charge in [0.25, 0.3) is 0 Å². The van der Waals surface area contributed by atoms with E-state index in [4.69, 9.17) is 11.6 Å². The van der Waals surface area contributed by atoms with Gasteiger partial charge in [0, 0.05) is 6.04 Å². The van der Waals surface area contributed by atoms with Crippen LogP contribution in [0.5, 0.6) is 0 Å². The predicted octanol–water partition coefficient (Wildman–Crippen LogP) is 2.70. The molecule has 0 heterocycles. The molecule has 3 unspecified atom stereocenters. The molecule has 0 saturated heterocycles. The topological polar surface area (TPSA) is 29.1 Å². The van der Waals surface area contributed by atoms with E-state index < -0.39 is 5.38 Å². The highest BCUT2D eigenvalue weighted by Gasteiger charge is 2.25. The number of amides is 1. The van der Waals surface area contributed by atoms with Crippen LogP contribution >= 0.6 is 11.6 Å². The monoisotopic (exact) mass is 217 g/mol. The standard InChI is InChI=1S/C11H20ClNO/c1-3-9-6-4-5-7-10(9)13-11(14)8(2)12/h8-10H,3-7H2,1-2H3,(H,13,14). The molecule has 1 N–H and O–H groups in total. The Bertz CT molecular complexity index is 194. The van der Waals surface area contributed by atoms with Crippen LogP contribution in [-0.4, -0.2) is 17.3 Å². The van der Waals surface area contributed by atoms with Gasteiger partial charge in [-0.25, -0.2) is 0 Å². The largest absolute Gasteiger partial charge is 0.352 e. The fourth-order valence-corrected chi connectivity index (χ4v) is 2.25. The van der Waals surface area contributed by atoms with Crippen molar-refractivity contribution in [1.29, 1.82) is 0 Å². The van der Waals surface area contributed by atoms with Crippen LogP contribution in [0.1, 0.15) is 46.0 Å². The second-order valence-corrected chi connectivity index (χ2v) is 4.84. The van der Waals surface area contributed by atoms with Gasteiger partial charge in [0.2, 0.25) is 5.91 Å². The molecule has 3 heteroatoms. The summed E-state index contributed by atoms with van der Waals surface area (Å²) < 4.78 is 0. The third-order valence-corrected chi connectivity index (χ3v) is 3.32. The molecular formula is C11H20ClNO. The molecule has 1 aliphatic rings. The molecule has 0 spiro atoms. The molecule has 1 amide bonds. The zero-order valence-electron chi connectivity index (χ0n) is 9.05. The van der Waals surface area contributed by atoms with E-state index in [9.17, 15) is 4.79 Å². The number of hydrogen-bond donors (Lipinski definition) is 1.